The number of rotatable bonds is 6. The zero-order valence-corrected chi connectivity index (χ0v) is 13.7. The van der Waals surface area contributed by atoms with Gasteiger partial charge in [0.15, 0.2) is 0 Å². The topological polar surface area (TPSA) is 127 Å². The number of hydrogen-bond acceptors (Lipinski definition) is 4. The van der Waals surface area contributed by atoms with E-state index < -0.39 is 28.7 Å². The van der Waals surface area contributed by atoms with Crippen LogP contribution in [0.15, 0.2) is 36.4 Å². The Balaban J connectivity index is 2.49. The van der Waals surface area contributed by atoms with Crippen molar-refractivity contribution >= 4 is 11.8 Å². The first-order valence-corrected chi connectivity index (χ1v) is 8.02. The van der Waals surface area contributed by atoms with Gasteiger partial charge < -0.3 is 21.7 Å². The number of aliphatic hydroxyl groups is 1. The molecule has 0 bridgehead atoms. The van der Waals surface area contributed by atoms with E-state index in [1.54, 1.807) is 24.3 Å². The van der Waals surface area contributed by atoms with Crippen LogP contribution in [-0.2, 0) is 16.0 Å². The van der Waals surface area contributed by atoms with E-state index in [0.29, 0.717) is 18.4 Å². The van der Waals surface area contributed by atoms with Gasteiger partial charge in [-0.2, -0.15) is 0 Å². The Kier molecular flexibility index (Phi) is 4.99. The molecule has 3 atom stereocenters. The van der Waals surface area contributed by atoms with Crippen LogP contribution in [0, 0.1) is 10.8 Å². The zero-order chi connectivity index (χ0) is 18.0. The van der Waals surface area contributed by atoms with E-state index >= 15 is 0 Å². The largest absolute Gasteiger partial charge is 0.508 e. The van der Waals surface area contributed by atoms with Crippen LogP contribution in [-0.4, -0.2) is 28.1 Å². The van der Waals surface area contributed by atoms with Crippen molar-refractivity contribution in [3.05, 3.63) is 42.0 Å². The number of phenols is 1. The number of primary amides is 2. The number of aliphatic hydroxyl groups excluding tert-OH is 1. The molecule has 0 radical (unpaired) electrons. The molecule has 2 unspecified atom stereocenters. The Morgan fingerprint density at radius 3 is 2.33 bits per heavy atom. The predicted octanol–water partition coefficient (Wildman–Crippen LogP) is 0.999. The monoisotopic (exact) mass is 332 g/mol. The lowest BCUT2D eigenvalue weighted by atomic mass is 9.59. The second-order valence-electron chi connectivity index (χ2n) is 6.53. The summed E-state index contributed by atoms with van der Waals surface area (Å²) in [6, 6.07) is 6.30. The molecule has 24 heavy (non-hydrogen) atoms. The average Bonchev–Trinajstić information content (AvgIpc) is 2.53. The SMILES string of the molecule is CCCC1(C(N)=O)CC=C[C@](Cc2ccc(O)cc2)(C(N)=O)C1O. The van der Waals surface area contributed by atoms with Crippen LogP contribution >= 0.6 is 0 Å². The second kappa shape index (κ2) is 6.65. The molecule has 6 nitrogen and oxygen atoms in total. The summed E-state index contributed by atoms with van der Waals surface area (Å²) in [4.78, 5) is 24.4. The first-order chi connectivity index (χ1) is 11.3. The van der Waals surface area contributed by atoms with Crippen LogP contribution < -0.4 is 11.5 Å². The Labute approximate surface area is 141 Å². The van der Waals surface area contributed by atoms with Crippen LogP contribution in [0.5, 0.6) is 5.75 Å². The number of benzene rings is 1. The Morgan fingerprint density at radius 1 is 1.21 bits per heavy atom. The van der Waals surface area contributed by atoms with Crippen LogP contribution in [0.2, 0.25) is 0 Å². The third-order valence-electron chi connectivity index (χ3n) is 4.99. The third kappa shape index (κ3) is 2.89. The highest BCUT2D eigenvalue weighted by atomic mass is 16.3. The van der Waals surface area contributed by atoms with Crippen molar-refractivity contribution in [2.75, 3.05) is 0 Å². The molecule has 0 spiro atoms. The number of carbonyl (C=O) groups is 2. The van der Waals surface area contributed by atoms with Gasteiger partial charge in [-0.3, -0.25) is 9.59 Å². The highest BCUT2D eigenvalue weighted by Crippen LogP contribution is 2.47. The third-order valence-corrected chi connectivity index (χ3v) is 4.99. The fourth-order valence-electron chi connectivity index (χ4n) is 3.63. The second-order valence-corrected chi connectivity index (χ2v) is 6.53. The fourth-order valence-corrected chi connectivity index (χ4v) is 3.63. The Bertz CT molecular complexity index is 655. The maximum absolute atomic E-state index is 12.3. The molecule has 0 saturated heterocycles. The average molecular weight is 332 g/mol. The maximum atomic E-state index is 12.3. The van der Waals surface area contributed by atoms with Gasteiger partial charge >= 0.3 is 0 Å². The molecule has 1 aliphatic carbocycles. The van der Waals surface area contributed by atoms with E-state index in [2.05, 4.69) is 0 Å². The van der Waals surface area contributed by atoms with Crippen LogP contribution in [0.25, 0.3) is 0 Å². The van der Waals surface area contributed by atoms with Gasteiger partial charge in [0.2, 0.25) is 11.8 Å². The van der Waals surface area contributed by atoms with Crippen molar-refractivity contribution in [3.8, 4) is 5.75 Å². The molecule has 0 aliphatic heterocycles. The van der Waals surface area contributed by atoms with Crippen molar-refractivity contribution in [3.63, 3.8) is 0 Å². The number of amides is 2. The number of phenolic OH excluding ortho intramolecular Hbond substituents is 1. The fraction of sp³-hybridized carbons (Fsp3) is 0.444. The molecule has 0 heterocycles. The number of aromatic hydroxyl groups is 1. The molecule has 1 aromatic carbocycles. The summed E-state index contributed by atoms with van der Waals surface area (Å²) in [6.07, 6.45) is 3.40. The molecule has 2 rings (SSSR count). The first-order valence-electron chi connectivity index (χ1n) is 8.02. The smallest absolute Gasteiger partial charge is 0.230 e. The molecule has 0 saturated carbocycles. The van der Waals surface area contributed by atoms with Gasteiger partial charge in [0.25, 0.3) is 0 Å². The number of carbonyl (C=O) groups excluding carboxylic acids is 2. The van der Waals surface area contributed by atoms with Crippen LogP contribution in [0.1, 0.15) is 31.7 Å². The minimum atomic E-state index is -1.42. The van der Waals surface area contributed by atoms with Gasteiger partial charge in [-0.1, -0.05) is 37.6 Å². The lowest BCUT2D eigenvalue weighted by molar-refractivity contribution is -0.151. The van der Waals surface area contributed by atoms with Crippen molar-refractivity contribution in [2.45, 2.75) is 38.7 Å². The maximum Gasteiger partial charge on any atom is 0.230 e. The summed E-state index contributed by atoms with van der Waals surface area (Å²) in [7, 11) is 0. The molecule has 1 aromatic rings. The Hall–Kier alpha value is -2.34. The zero-order valence-electron chi connectivity index (χ0n) is 13.7. The molecule has 6 N–H and O–H groups in total. The van der Waals surface area contributed by atoms with E-state index in [1.165, 1.54) is 12.1 Å². The van der Waals surface area contributed by atoms with Crippen molar-refractivity contribution in [2.24, 2.45) is 22.3 Å². The van der Waals surface area contributed by atoms with E-state index in [-0.39, 0.29) is 18.6 Å². The minimum Gasteiger partial charge on any atom is -0.508 e. The lowest BCUT2D eigenvalue weighted by Crippen LogP contribution is -2.60. The summed E-state index contributed by atoms with van der Waals surface area (Å²) in [5, 5.41) is 20.4. The number of nitrogens with two attached hydrogens (primary N) is 2. The van der Waals surface area contributed by atoms with Gasteiger partial charge in [-0.25, -0.2) is 0 Å². The van der Waals surface area contributed by atoms with Gasteiger partial charge in [0.1, 0.15) is 5.75 Å². The summed E-state index contributed by atoms with van der Waals surface area (Å²) in [5.41, 5.74) is 9.32. The van der Waals surface area contributed by atoms with Crippen LogP contribution in [0.3, 0.4) is 0 Å². The summed E-state index contributed by atoms with van der Waals surface area (Å²) < 4.78 is 0. The highest BCUT2D eigenvalue weighted by Gasteiger charge is 2.56. The number of hydrogen-bond donors (Lipinski definition) is 4. The van der Waals surface area contributed by atoms with E-state index in [9.17, 15) is 19.8 Å². The van der Waals surface area contributed by atoms with Crippen molar-refractivity contribution in [1.82, 2.24) is 0 Å². The molecule has 130 valence electrons. The standard InChI is InChI=1S/C18H24N2O4/c1-2-8-17(15(19)23)9-3-10-18(14(17)22,16(20)24)11-12-4-6-13(21)7-5-12/h3-7,10,14,21-22H,2,8-9,11H2,1H3,(H2,19,23)(H2,20,24)/t14?,17?,18-/m1/s1. The minimum absolute atomic E-state index is 0.101. The quantitative estimate of drug-likeness (QED) is 0.580. The molecular weight excluding hydrogens is 308 g/mol. The summed E-state index contributed by atoms with van der Waals surface area (Å²) in [6.45, 7) is 1.89. The molecule has 0 aromatic heterocycles. The van der Waals surface area contributed by atoms with Crippen molar-refractivity contribution in [1.29, 1.82) is 0 Å². The van der Waals surface area contributed by atoms with Crippen LogP contribution in [0.4, 0.5) is 0 Å². The normalized spacial score (nSPS) is 29.3. The molecule has 1 aliphatic rings. The van der Waals surface area contributed by atoms with E-state index in [4.69, 9.17) is 11.5 Å². The molecule has 2 amide bonds. The highest BCUT2D eigenvalue weighted by molar-refractivity contribution is 5.89. The van der Waals surface area contributed by atoms with E-state index in [1.807, 2.05) is 6.92 Å². The van der Waals surface area contributed by atoms with Gasteiger partial charge in [0, 0.05) is 0 Å². The lowest BCUT2D eigenvalue weighted by Gasteiger charge is -2.46. The molecular formula is C18H24N2O4. The molecule has 6 heteroatoms. The van der Waals surface area contributed by atoms with Gasteiger partial charge in [-0.15, -0.1) is 0 Å². The Morgan fingerprint density at radius 2 is 1.83 bits per heavy atom. The van der Waals surface area contributed by atoms with Gasteiger partial charge in [0.05, 0.1) is 16.9 Å². The van der Waals surface area contributed by atoms with E-state index in [0.717, 1.165) is 0 Å². The van der Waals surface area contributed by atoms with Crippen molar-refractivity contribution < 1.29 is 19.8 Å². The summed E-state index contributed by atoms with van der Waals surface area (Å²) >= 11 is 0. The predicted molar refractivity (Wildman–Crippen MR) is 89.7 cm³/mol. The first kappa shape index (κ1) is 18.0. The molecule has 0 fully saturated rings. The van der Waals surface area contributed by atoms with Gasteiger partial charge in [-0.05, 0) is 37.0 Å². The summed E-state index contributed by atoms with van der Waals surface area (Å²) in [5.74, 6) is -1.23. The number of allylic oxidation sites excluding steroid dienone is 1.